The summed E-state index contributed by atoms with van der Waals surface area (Å²) >= 11 is 0. The monoisotopic (exact) mass is 380 g/mol. The average molecular weight is 381 g/mol. The molecule has 0 saturated carbocycles. The topological polar surface area (TPSA) is 49.4 Å². The molecule has 150 valence electrons. The van der Waals surface area contributed by atoms with Crippen LogP contribution >= 0.6 is 0 Å². The third kappa shape index (κ3) is 5.95. The fourth-order valence-electron chi connectivity index (χ4n) is 3.12. The molecule has 0 heterocycles. The number of amides is 2. The van der Waals surface area contributed by atoms with Crippen molar-refractivity contribution in [2.45, 2.75) is 60.0 Å². The average Bonchev–Trinajstić information content (AvgIpc) is 2.67. The molecule has 0 bridgehead atoms. The van der Waals surface area contributed by atoms with Crippen LogP contribution < -0.4 is 5.32 Å². The van der Waals surface area contributed by atoms with Gasteiger partial charge in [0.2, 0.25) is 11.8 Å². The first-order valence-corrected chi connectivity index (χ1v) is 10.0. The molecule has 2 rings (SSSR count). The predicted molar refractivity (Wildman–Crippen MR) is 114 cm³/mol. The van der Waals surface area contributed by atoms with Crippen molar-refractivity contribution in [3.8, 4) is 0 Å². The summed E-state index contributed by atoms with van der Waals surface area (Å²) in [6, 6.07) is 13.7. The van der Waals surface area contributed by atoms with Crippen LogP contribution in [-0.4, -0.2) is 29.3 Å². The maximum atomic E-state index is 13.2. The van der Waals surface area contributed by atoms with Crippen LogP contribution in [0.15, 0.2) is 42.5 Å². The Balaban J connectivity index is 2.24. The van der Waals surface area contributed by atoms with Crippen LogP contribution in [-0.2, 0) is 22.6 Å². The highest BCUT2D eigenvalue weighted by atomic mass is 16.2. The van der Waals surface area contributed by atoms with E-state index < -0.39 is 6.04 Å². The number of hydrogen-bond donors (Lipinski definition) is 1. The highest BCUT2D eigenvalue weighted by Gasteiger charge is 2.26. The van der Waals surface area contributed by atoms with E-state index in [1.807, 2.05) is 64.1 Å². The van der Waals surface area contributed by atoms with Crippen molar-refractivity contribution < 1.29 is 9.59 Å². The van der Waals surface area contributed by atoms with E-state index in [1.165, 1.54) is 5.56 Å². The summed E-state index contributed by atoms with van der Waals surface area (Å²) in [5, 5.41) is 2.91. The van der Waals surface area contributed by atoms with Crippen molar-refractivity contribution in [3.63, 3.8) is 0 Å². The van der Waals surface area contributed by atoms with Gasteiger partial charge >= 0.3 is 0 Å². The molecule has 4 nitrogen and oxygen atoms in total. The zero-order valence-electron chi connectivity index (χ0n) is 17.7. The minimum absolute atomic E-state index is 0.0339. The fourth-order valence-corrected chi connectivity index (χ4v) is 3.12. The van der Waals surface area contributed by atoms with Crippen molar-refractivity contribution in [1.29, 1.82) is 0 Å². The number of rotatable bonds is 8. The van der Waals surface area contributed by atoms with Crippen molar-refractivity contribution in [1.82, 2.24) is 10.2 Å². The molecular formula is C24H32N2O2. The van der Waals surface area contributed by atoms with Crippen molar-refractivity contribution >= 4 is 11.8 Å². The smallest absolute Gasteiger partial charge is 0.242 e. The number of nitrogens with one attached hydrogen (secondary N) is 1. The van der Waals surface area contributed by atoms with Gasteiger partial charge in [0.1, 0.15) is 6.04 Å². The first-order valence-electron chi connectivity index (χ1n) is 10.0. The van der Waals surface area contributed by atoms with E-state index in [0.29, 0.717) is 19.5 Å². The van der Waals surface area contributed by atoms with E-state index >= 15 is 0 Å². The zero-order chi connectivity index (χ0) is 20.7. The van der Waals surface area contributed by atoms with E-state index in [1.54, 1.807) is 11.8 Å². The Morgan fingerprint density at radius 3 is 2.29 bits per heavy atom. The van der Waals surface area contributed by atoms with E-state index in [2.05, 4.69) is 11.4 Å². The normalized spacial score (nSPS) is 11.8. The van der Waals surface area contributed by atoms with Gasteiger partial charge in [-0.2, -0.15) is 0 Å². The van der Waals surface area contributed by atoms with E-state index in [0.717, 1.165) is 28.7 Å². The van der Waals surface area contributed by atoms with E-state index in [-0.39, 0.29) is 11.8 Å². The second-order valence-corrected chi connectivity index (χ2v) is 7.58. The Hall–Kier alpha value is -2.62. The van der Waals surface area contributed by atoms with Crippen molar-refractivity contribution in [2.24, 2.45) is 0 Å². The summed E-state index contributed by atoms with van der Waals surface area (Å²) in [4.78, 5) is 27.5. The molecule has 0 fully saturated rings. The molecule has 0 radical (unpaired) electrons. The molecule has 0 saturated heterocycles. The van der Waals surface area contributed by atoms with Gasteiger partial charge in [0.15, 0.2) is 0 Å². The number of carbonyl (C=O) groups is 2. The summed E-state index contributed by atoms with van der Waals surface area (Å²) in [7, 11) is 0. The second-order valence-electron chi connectivity index (χ2n) is 7.58. The lowest BCUT2D eigenvalue weighted by Gasteiger charge is -2.29. The Morgan fingerprint density at radius 2 is 1.64 bits per heavy atom. The van der Waals surface area contributed by atoms with Crippen molar-refractivity contribution in [3.05, 3.63) is 70.3 Å². The summed E-state index contributed by atoms with van der Waals surface area (Å²) in [5.74, 6) is -0.142. The standard InChI is InChI=1S/C24H32N2O2/c1-6-13-25-24(28)20(5)26(16-21-11-8-17(2)9-12-21)23(27)15-22-14-18(3)7-10-19(22)4/h7-12,14,20H,6,13,15-16H2,1-5H3,(H,25,28). The van der Waals surface area contributed by atoms with Crippen LogP contribution in [0.3, 0.4) is 0 Å². The zero-order valence-corrected chi connectivity index (χ0v) is 17.7. The molecule has 0 aliphatic heterocycles. The Morgan fingerprint density at radius 1 is 1.00 bits per heavy atom. The maximum Gasteiger partial charge on any atom is 0.242 e. The van der Waals surface area contributed by atoms with Crippen LogP contribution in [0.5, 0.6) is 0 Å². The maximum absolute atomic E-state index is 13.2. The van der Waals surface area contributed by atoms with Gasteiger partial charge in [0, 0.05) is 13.1 Å². The number of hydrogen-bond acceptors (Lipinski definition) is 2. The first-order chi connectivity index (χ1) is 13.3. The molecule has 0 spiro atoms. The lowest BCUT2D eigenvalue weighted by atomic mass is 10.0. The van der Waals surface area contributed by atoms with Gasteiger partial charge in [0.25, 0.3) is 0 Å². The van der Waals surface area contributed by atoms with Gasteiger partial charge in [0.05, 0.1) is 6.42 Å². The molecule has 1 unspecified atom stereocenters. The number of carbonyl (C=O) groups excluding carboxylic acids is 2. The number of aryl methyl sites for hydroxylation is 3. The third-order valence-electron chi connectivity index (χ3n) is 5.04. The summed E-state index contributed by atoms with van der Waals surface area (Å²) in [6.07, 6.45) is 1.16. The summed E-state index contributed by atoms with van der Waals surface area (Å²) < 4.78 is 0. The van der Waals surface area contributed by atoms with Gasteiger partial charge in [-0.1, -0.05) is 60.5 Å². The molecular weight excluding hydrogens is 348 g/mol. The largest absolute Gasteiger partial charge is 0.354 e. The predicted octanol–water partition coefficient (Wildman–Crippen LogP) is 4.10. The Kier molecular flexibility index (Phi) is 7.80. The molecule has 2 aromatic carbocycles. The minimum atomic E-state index is -0.523. The minimum Gasteiger partial charge on any atom is -0.354 e. The lowest BCUT2D eigenvalue weighted by molar-refractivity contribution is -0.140. The van der Waals surface area contributed by atoms with Gasteiger partial charge in [-0.25, -0.2) is 0 Å². The van der Waals surface area contributed by atoms with Gasteiger partial charge in [-0.15, -0.1) is 0 Å². The molecule has 0 aliphatic rings. The van der Waals surface area contributed by atoms with Crippen LogP contribution in [0.2, 0.25) is 0 Å². The molecule has 2 amide bonds. The molecule has 28 heavy (non-hydrogen) atoms. The van der Waals surface area contributed by atoms with Crippen LogP contribution in [0.25, 0.3) is 0 Å². The van der Waals surface area contributed by atoms with Gasteiger partial charge < -0.3 is 10.2 Å². The number of nitrogens with zero attached hydrogens (tertiary/aromatic N) is 1. The number of benzene rings is 2. The highest BCUT2D eigenvalue weighted by molar-refractivity contribution is 5.88. The summed E-state index contributed by atoms with van der Waals surface area (Å²) in [6.45, 7) is 10.9. The third-order valence-corrected chi connectivity index (χ3v) is 5.04. The quantitative estimate of drug-likeness (QED) is 0.750. The Bertz CT molecular complexity index is 812. The summed E-state index contributed by atoms with van der Waals surface area (Å²) in [5.41, 5.74) is 5.44. The fraction of sp³-hybridized carbons (Fsp3) is 0.417. The molecule has 2 aromatic rings. The van der Waals surface area contributed by atoms with Crippen LogP contribution in [0.1, 0.15) is 48.1 Å². The van der Waals surface area contributed by atoms with Crippen LogP contribution in [0.4, 0.5) is 0 Å². The molecule has 0 aliphatic carbocycles. The van der Waals surface area contributed by atoms with Crippen LogP contribution in [0, 0.1) is 20.8 Å². The molecule has 1 atom stereocenters. The second kappa shape index (κ2) is 10.1. The van der Waals surface area contributed by atoms with Crippen molar-refractivity contribution in [2.75, 3.05) is 6.54 Å². The van der Waals surface area contributed by atoms with E-state index in [4.69, 9.17) is 0 Å². The Labute approximate surface area is 169 Å². The highest BCUT2D eigenvalue weighted by Crippen LogP contribution is 2.16. The SMILES string of the molecule is CCCNC(=O)C(C)N(Cc1ccc(C)cc1)C(=O)Cc1cc(C)ccc1C. The molecule has 4 heteroatoms. The lowest BCUT2D eigenvalue weighted by Crippen LogP contribution is -2.48. The molecule has 0 aromatic heterocycles. The van der Waals surface area contributed by atoms with E-state index in [9.17, 15) is 9.59 Å². The first kappa shape index (κ1) is 21.7. The molecule has 1 N–H and O–H groups in total. The van der Waals surface area contributed by atoms with Gasteiger partial charge in [-0.3, -0.25) is 9.59 Å². The van der Waals surface area contributed by atoms with Gasteiger partial charge in [-0.05, 0) is 50.8 Å².